The molecule has 0 spiro atoms. The normalized spacial score (nSPS) is 11.4. The van der Waals surface area contributed by atoms with E-state index >= 15 is 0 Å². The second-order valence-electron chi connectivity index (χ2n) is 4.04. The third-order valence-electron chi connectivity index (χ3n) is 2.64. The molecule has 0 saturated heterocycles. The molecule has 0 radical (unpaired) electrons. The lowest BCUT2D eigenvalue weighted by molar-refractivity contribution is 0.306. The van der Waals surface area contributed by atoms with Crippen LogP contribution in [-0.2, 0) is 6.61 Å². The molecule has 0 saturated carbocycles. The summed E-state index contributed by atoms with van der Waals surface area (Å²) in [6.45, 7) is 0.399. The van der Waals surface area contributed by atoms with Crippen molar-refractivity contribution in [2.75, 3.05) is 0 Å². The van der Waals surface area contributed by atoms with Crippen LogP contribution in [0.3, 0.4) is 0 Å². The Labute approximate surface area is 126 Å². The van der Waals surface area contributed by atoms with E-state index in [0.717, 1.165) is 5.56 Å². The molecule has 0 aliphatic heterocycles. The molecule has 6 heteroatoms. The first-order valence-corrected chi connectivity index (χ1v) is 6.50. The molecule has 0 bridgehead atoms. The molecule has 0 fully saturated rings. The number of amidine groups is 1. The van der Waals surface area contributed by atoms with Crippen molar-refractivity contribution in [3.63, 3.8) is 0 Å². The molecule has 0 aliphatic carbocycles. The number of hydrogen-bond acceptors (Lipinski definition) is 3. The largest absolute Gasteiger partial charge is 0.489 e. The van der Waals surface area contributed by atoms with Crippen molar-refractivity contribution in [1.82, 2.24) is 0 Å². The lowest BCUT2D eigenvalue weighted by Crippen LogP contribution is -2.13. The van der Waals surface area contributed by atoms with Crippen molar-refractivity contribution in [2.24, 2.45) is 10.9 Å². The third-order valence-corrected chi connectivity index (χ3v) is 3.21. The fraction of sp³-hybridized carbons (Fsp3) is 0.0714. The van der Waals surface area contributed by atoms with Crippen molar-refractivity contribution in [3.8, 4) is 5.75 Å². The molecule has 0 aromatic heterocycles. The Morgan fingerprint density at radius 2 is 1.85 bits per heavy atom. The first-order chi connectivity index (χ1) is 9.60. The Balaban J connectivity index is 2.07. The lowest BCUT2D eigenvalue weighted by atomic mass is 10.2. The van der Waals surface area contributed by atoms with E-state index in [1.165, 1.54) is 0 Å². The maximum Gasteiger partial charge on any atom is 0.171 e. The minimum atomic E-state index is -0.0424. The molecule has 2 aromatic carbocycles. The Morgan fingerprint density at radius 3 is 2.45 bits per heavy atom. The minimum absolute atomic E-state index is 0.0424. The lowest BCUT2D eigenvalue weighted by Gasteiger charge is -2.08. The minimum Gasteiger partial charge on any atom is -0.489 e. The van der Waals surface area contributed by atoms with E-state index in [0.29, 0.717) is 28.0 Å². The van der Waals surface area contributed by atoms with Gasteiger partial charge in [-0.05, 0) is 35.9 Å². The van der Waals surface area contributed by atoms with Crippen LogP contribution < -0.4 is 10.5 Å². The van der Waals surface area contributed by atoms with Crippen LogP contribution in [0.25, 0.3) is 0 Å². The van der Waals surface area contributed by atoms with Gasteiger partial charge in [-0.25, -0.2) is 0 Å². The molecule has 104 valence electrons. The summed E-state index contributed by atoms with van der Waals surface area (Å²) in [5.41, 5.74) is 6.93. The van der Waals surface area contributed by atoms with Crippen LogP contribution in [0.2, 0.25) is 10.0 Å². The van der Waals surface area contributed by atoms with Crippen molar-refractivity contribution in [3.05, 3.63) is 63.6 Å². The molecule has 2 rings (SSSR count). The highest BCUT2D eigenvalue weighted by Crippen LogP contribution is 2.23. The number of benzene rings is 2. The molecular weight excluding hydrogens is 299 g/mol. The standard InChI is InChI=1S/C14H12Cl2N2O2/c15-10-3-1-9(2-4-10)8-20-11-5-6-12(13(16)7-11)14(17)18-19/h1-7,19H,8H2,(H2,17,18). The zero-order valence-corrected chi connectivity index (χ0v) is 11.9. The van der Waals surface area contributed by atoms with Gasteiger partial charge in [0.1, 0.15) is 12.4 Å². The number of rotatable bonds is 4. The Bertz CT molecular complexity index is 628. The Kier molecular flexibility index (Phi) is 4.71. The zero-order valence-electron chi connectivity index (χ0n) is 10.4. The monoisotopic (exact) mass is 310 g/mol. The number of ether oxygens (including phenoxy) is 1. The van der Waals surface area contributed by atoms with Crippen LogP contribution in [0.15, 0.2) is 47.6 Å². The van der Waals surface area contributed by atoms with Crippen molar-refractivity contribution in [1.29, 1.82) is 0 Å². The summed E-state index contributed by atoms with van der Waals surface area (Å²) in [6, 6.07) is 12.3. The SMILES string of the molecule is NC(=NO)c1ccc(OCc2ccc(Cl)cc2)cc1Cl. The Hall–Kier alpha value is -1.91. The molecule has 0 unspecified atom stereocenters. The summed E-state index contributed by atoms with van der Waals surface area (Å²) in [7, 11) is 0. The van der Waals surface area contributed by atoms with Gasteiger partial charge in [0.2, 0.25) is 0 Å². The van der Waals surface area contributed by atoms with Crippen LogP contribution in [0.5, 0.6) is 5.75 Å². The molecular formula is C14H12Cl2N2O2. The van der Waals surface area contributed by atoms with Crippen LogP contribution >= 0.6 is 23.2 Å². The summed E-state index contributed by atoms with van der Waals surface area (Å²) < 4.78 is 5.61. The van der Waals surface area contributed by atoms with Crippen LogP contribution in [0.1, 0.15) is 11.1 Å². The molecule has 4 nitrogen and oxygen atoms in total. The maximum absolute atomic E-state index is 8.62. The first-order valence-electron chi connectivity index (χ1n) is 5.75. The summed E-state index contributed by atoms with van der Waals surface area (Å²) >= 11 is 11.8. The topological polar surface area (TPSA) is 67.8 Å². The van der Waals surface area contributed by atoms with Gasteiger partial charge in [-0.15, -0.1) is 0 Å². The molecule has 20 heavy (non-hydrogen) atoms. The number of hydrogen-bond donors (Lipinski definition) is 2. The van der Waals surface area contributed by atoms with Crippen LogP contribution in [0, 0.1) is 0 Å². The van der Waals surface area contributed by atoms with Gasteiger partial charge in [-0.1, -0.05) is 40.5 Å². The fourth-order valence-corrected chi connectivity index (χ4v) is 1.99. The van der Waals surface area contributed by atoms with Gasteiger partial charge in [0.15, 0.2) is 5.84 Å². The fourth-order valence-electron chi connectivity index (χ4n) is 1.59. The molecule has 0 amide bonds. The zero-order chi connectivity index (χ0) is 14.5. The van der Waals surface area contributed by atoms with E-state index in [2.05, 4.69) is 5.16 Å². The van der Waals surface area contributed by atoms with E-state index in [4.69, 9.17) is 38.9 Å². The average molecular weight is 311 g/mol. The molecule has 0 atom stereocenters. The van der Waals surface area contributed by atoms with Crippen molar-refractivity contribution >= 4 is 29.0 Å². The van der Waals surface area contributed by atoms with E-state index in [-0.39, 0.29) is 5.84 Å². The molecule has 0 heterocycles. The second kappa shape index (κ2) is 6.50. The van der Waals surface area contributed by atoms with Crippen LogP contribution in [-0.4, -0.2) is 11.0 Å². The molecule has 0 aliphatic rings. The predicted molar refractivity (Wildman–Crippen MR) is 79.7 cm³/mol. The summed E-state index contributed by atoms with van der Waals surface area (Å²) in [5, 5.41) is 12.6. The molecule has 3 N–H and O–H groups in total. The van der Waals surface area contributed by atoms with Crippen molar-refractivity contribution in [2.45, 2.75) is 6.61 Å². The van der Waals surface area contributed by atoms with E-state index in [1.54, 1.807) is 30.3 Å². The van der Waals surface area contributed by atoms with E-state index in [1.807, 2.05) is 12.1 Å². The van der Waals surface area contributed by atoms with Gasteiger partial charge < -0.3 is 15.7 Å². The maximum atomic E-state index is 8.62. The summed E-state index contributed by atoms with van der Waals surface area (Å²) in [6.07, 6.45) is 0. The predicted octanol–water partition coefficient (Wildman–Crippen LogP) is 3.67. The van der Waals surface area contributed by atoms with Gasteiger partial charge in [-0.2, -0.15) is 0 Å². The quantitative estimate of drug-likeness (QED) is 0.392. The third kappa shape index (κ3) is 3.56. The first kappa shape index (κ1) is 14.5. The average Bonchev–Trinajstić information content (AvgIpc) is 2.46. The number of nitrogens with two attached hydrogens (primary N) is 1. The van der Waals surface area contributed by atoms with E-state index < -0.39 is 0 Å². The number of nitrogens with zero attached hydrogens (tertiary/aromatic N) is 1. The molecule has 2 aromatic rings. The Morgan fingerprint density at radius 1 is 1.15 bits per heavy atom. The van der Waals surface area contributed by atoms with E-state index in [9.17, 15) is 0 Å². The number of halogens is 2. The van der Waals surface area contributed by atoms with Crippen LogP contribution in [0.4, 0.5) is 0 Å². The van der Waals surface area contributed by atoms with Gasteiger partial charge >= 0.3 is 0 Å². The highest BCUT2D eigenvalue weighted by molar-refractivity contribution is 6.34. The van der Waals surface area contributed by atoms with Gasteiger partial charge in [0.25, 0.3) is 0 Å². The summed E-state index contributed by atoms with van der Waals surface area (Å²) in [5.74, 6) is 0.554. The van der Waals surface area contributed by atoms with Gasteiger partial charge in [-0.3, -0.25) is 0 Å². The number of oxime groups is 1. The highest BCUT2D eigenvalue weighted by Gasteiger charge is 2.07. The van der Waals surface area contributed by atoms with Crippen molar-refractivity contribution < 1.29 is 9.94 Å². The van der Waals surface area contributed by atoms with Gasteiger partial charge in [0, 0.05) is 10.6 Å². The smallest absolute Gasteiger partial charge is 0.171 e. The highest BCUT2D eigenvalue weighted by atomic mass is 35.5. The second-order valence-corrected chi connectivity index (χ2v) is 4.89. The summed E-state index contributed by atoms with van der Waals surface area (Å²) in [4.78, 5) is 0. The van der Waals surface area contributed by atoms with Gasteiger partial charge in [0.05, 0.1) is 5.02 Å².